The SMILES string of the molecule is Cc1ccccc1-c1ccnc(-n2c3[c-]c(N(c4[c-]c(-n5[cH+]n(C)c6ccccc65)ccc4)c4c(C)cccc4C)ccc3c3ccccc32)c1.[Pt]. The van der Waals surface area contributed by atoms with Gasteiger partial charge in [-0.15, -0.1) is 29.7 Å². The number of para-hydroxylation sites is 4. The van der Waals surface area contributed by atoms with E-state index in [1.165, 1.54) is 22.3 Å². The van der Waals surface area contributed by atoms with E-state index in [2.05, 4.69) is 198 Å². The molecule has 0 amide bonds. The maximum atomic E-state index is 4.95. The van der Waals surface area contributed by atoms with E-state index in [4.69, 9.17) is 4.98 Å². The summed E-state index contributed by atoms with van der Waals surface area (Å²) in [5.41, 5.74) is 14.2. The van der Waals surface area contributed by atoms with E-state index >= 15 is 0 Å². The van der Waals surface area contributed by atoms with Crippen molar-refractivity contribution in [3.05, 3.63) is 175 Å². The van der Waals surface area contributed by atoms with Crippen molar-refractivity contribution in [2.75, 3.05) is 4.90 Å². The number of pyridine rings is 1. The van der Waals surface area contributed by atoms with E-state index in [-0.39, 0.29) is 21.1 Å². The molecule has 0 fully saturated rings. The minimum Gasteiger partial charge on any atom is -0.357 e. The largest absolute Gasteiger partial charge is 0.357 e. The minimum atomic E-state index is 0. The van der Waals surface area contributed by atoms with Crippen LogP contribution in [0.1, 0.15) is 16.7 Å². The fourth-order valence-corrected chi connectivity index (χ4v) is 7.56. The summed E-state index contributed by atoms with van der Waals surface area (Å²) in [6.45, 7) is 6.51. The second-order valence-corrected chi connectivity index (χ2v) is 13.3. The van der Waals surface area contributed by atoms with Gasteiger partial charge in [0.05, 0.1) is 0 Å². The van der Waals surface area contributed by atoms with Crippen molar-refractivity contribution in [3.63, 3.8) is 0 Å². The monoisotopic (exact) mass is 853 g/mol. The zero-order valence-corrected chi connectivity index (χ0v) is 31.7. The van der Waals surface area contributed by atoms with Gasteiger partial charge in [0.15, 0.2) is 17.4 Å². The Balaban J connectivity index is 0.00000387. The van der Waals surface area contributed by atoms with Crippen molar-refractivity contribution >= 4 is 49.9 Å². The molecule has 5 nitrogen and oxygen atoms in total. The van der Waals surface area contributed by atoms with Crippen molar-refractivity contribution in [1.82, 2.24) is 18.7 Å². The third kappa shape index (κ3) is 5.53. The van der Waals surface area contributed by atoms with Crippen LogP contribution in [-0.4, -0.2) is 18.7 Å². The molecule has 3 heterocycles. The van der Waals surface area contributed by atoms with Gasteiger partial charge in [-0.25, -0.2) is 14.1 Å². The molecule has 6 heteroatoms. The van der Waals surface area contributed by atoms with Crippen LogP contribution in [0.15, 0.2) is 146 Å². The first-order valence-corrected chi connectivity index (χ1v) is 17.3. The van der Waals surface area contributed by atoms with Gasteiger partial charge in [-0.2, -0.15) is 12.1 Å². The van der Waals surface area contributed by atoms with Crippen LogP contribution in [0.2, 0.25) is 0 Å². The van der Waals surface area contributed by atoms with Gasteiger partial charge in [0.1, 0.15) is 5.82 Å². The van der Waals surface area contributed by atoms with E-state index < -0.39 is 0 Å². The molecule has 0 N–H and O–H groups in total. The number of aromatic nitrogens is 4. The molecule has 52 heavy (non-hydrogen) atoms. The number of hydrogen-bond donors (Lipinski definition) is 0. The Hall–Kier alpha value is -5.77. The van der Waals surface area contributed by atoms with Crippen LogP contribution in [0.4, 0.5) is 17.1 Å². The maximum absolute atomic E-state index is 4.95. The summed E-state index contributed by atoms with van der Waals surface area (Å²) >= 11 is 0. The molecule has 0 aliphatic carbocycles. The van der Waals surface area contributed by atoms with Crippen molar-refractivity contribution in [3.8, 4) is 22.6 Å². The number of nitrogens with zero attached hydrogens (tertiary/aromatic N) is 5. The fraction of sp³-hybridized carbons (Fsp3) is 0.0870. The molecular weight excluding hydrogens is 818 g/mol. The molecule has 0 spiro atoms. The number of aryl methyl sites for hydroxylation is 4. The molecule has 256 valence electrons. The molecule has 0 atom stereocenters. The molecule has 6 aromatic carbocycles. The Kier molecular flexibility index (Phi) is 8.61. The van der Waals surface area contributed by atoms with Crippen LogP contribution in [0, 0.1) is 32.9 Å². The summed E-state index contributed by atoms with van der Waals surface area (Å²) in [6, 6.07) is 54.8. The minimum absolute atomic E-state index is 0. The topological polar surface area (TPSA) is 30.9 Å². The molecule has 9 aromatic rings. The van der Waals surface area contributed by atoms with Crippen LogP contribution in [-0.2, 0) is 28.1 Å². The second-order valence-electron chi connectivity index (χ2n) is 13.3. The summed E-state index contributed by atoms with van der Waals surface area (Å²) in [5, 5.41) is 2.29. The molecule has 0 saturated carbocycles. The average molecular weight is 854 g/mol. The smallest absolute Gasteiger partial charge is 0.188 e. The number of fused-ring (bicyclic) bond motifs is 4. The first-order valence-electron chi connectivity index (χ1n) is 17.3. The van der Waals surface area contributed by atoms with Crippen molar-refractivity contribution < 1.29 is 21.1 Å². The Morgan fingerprint density at radius 3 is 2.10 bits per heavy atom. The first-order chi connectivity index (χ1) is 25.0. The van der Waals surface area contributed by atoms with Gasteiger partial charge >= 0.3 is 0 Å². The van der Waals surface area contributed by atoms with Gasteiger partial charge in [-0.3, -0.25) is 0 Å². The molecule has 3 aromatic heterocycles. The van der Waals surface area contributed by atoms with E-state index in [1.54, 1.807) is 0 Å². The van der Waals surface area contributed by atoms with Crippen LogP contribution >= 0.6 is 0 Å². The van der Waals surface area contributed by atoms with E-state index in [0.29, 0.717) is 0 Å². The molecule has 0 radical (unpaired) electrons. The third-order valence-electron chi connectivity index (χ3n) is 9.98. The molecular formula is C46H36N5Pt-. The van der Waals surface area contributed by atoms with Crippen molar-refractivity contribution in [2.24, 2.45) is 7.05 Å². The Labute approximate surface area is 318 Å². The van der Waals surface area contributed by atoms with Gasteiger partial charge in [-0.1, -0.05) is 83.6 Å². The zero-order valence-electron chi connectivity index (χ0n) is 29.4. The standard InChI is InChI=1S/C46H36N5.Pt/c1-31-13-5-6-18-38(31)34-25-26-47-45(27-34)51-41-20-8-7-19-39(41)40-24-23-37(29-44(40)51)50(46-32(2)14-11-15-33(46)3)36-17-12-16-35(28-36)49-30-48(4)42-21-9-10-22-43(42)49;/h5-27,30H,1-4H3;/q-1;. The maximum Gasteiger partial charge on any atom is 0.188 e. The van der Waals surface area contributed by atoms with E-state index in [0.717, 1.165) is 67.0 Å². The number of rotatable bonds is 6. The number of hydrogen-bond acceptors (Lipinski definition) is 2. The third-order valence-corrected chi connectivity index (χ3v) is 9.98. The van der Waals surface area contributed by atoms with Crippen LogP contribution in [0.5, 0.6) is 0 Å². The summed E-state index contributed by atoms with van der Waals surface area (Å²) in [7, 11) is 2.08. The number of benzene rings is 6. The summed E-state index contributed by atoms with van der Waals surface area (Å²) in [5.74, 6) is 0.856. The summed E-state index contributed by atoms with van der Waals surface area (Å²) in [4.78, 5) is 7.25. The summed E-state index contributed by atoms with van der Waals surface area (Å²) in [6.07, 6.45) is 4.04. The average Bonchev–Trinajstić information content (AvgIpc) is 3.68. The van der Waals surface area contributed by atoms with Gasteiger partial charge < -0.3 is 9.47 Å². The number of imidazole rings is 1. The Morgan fingerprint density at radius 1 is 0.615 bits per heavy atom. The van der Waals surface area contributed by atoms with Crippen molar-refractivity contribution in [2.45, 2.75) is 20.8 Å². The van der Waals surface area contributed by atoms with Gasteiger partial charge in [0.2, 0.25) is 0 Å². The molecule has 0 aliphatic heterocycles. The molecule has 0 unspecified atom stereocenters. The number of anilines is 3. The molecule has 0 aliphatic rings. The Morgan fingerprint density at radius 2 is 1.29 bits per heavy atom. The first kappa shape index (κ1) is 33.4. The van der Waals surface area contributed by atoms with Gasteiger partial charge in [0, 0.05) is 63.3 Å². The van der Waals surface area contributed by atoms with Crippen LogP contribution < -0.4 is 4.90 Å². The van der Waals surface area contributed by atoms with Crippen LogP contribution in [0.25, 0.3) is 55.5 Å². The van der Waals surface area contributed by atoms with Gasteiger partial charge in [0.25, 0.3) is 0 Å². The van der Waals surface area contributed by atoms with Crippen molar-refractivity contribution in [1.29, 1.82) is 0 Å². The predicted octanol–water partition coefficient (Wildman–Crippen LogP) is 11.4. The molecule has 0 saturated heterocycles. The van der Waals surface area contributed by atoms with Crippen LogP contribution in [0.3, 0.4) is 0 Å². The fourth-order valence-electron chi connectivity index (χ4n) is 7.56. The predicted molar refractivity (Wildman–Crippen MR) is 211 cm³/mol. The molecule has 0 bridgehead atoms. The normalized spacial score (nSPS) is 11.3. The summed E-state index contributed by atoms with van der Waals surface area (Å²) < 4.78 is 6.62. The zero-order chi connectivity index (χ0) is 34.6. The van der Waals surface area contributed by atoms with Gasteiger partial charge in [-0.05, 0) is 84.3 Å². The Bertz CT molecular complexity index is 2750. The van der Waals surface area contributed by atoms with E-state index in [1.807, 2.05) is 6.20 Å². The van der Waals surface area contributed by atoms with E-state index in [9.17, 15) is 0 Å². The quantitative estimate of drug-likeness (QED) is 0.156. The molecule has 9 rings (SSSR count). The second kappa shape index (κ2) is 13.4.